The van der Waals surface area contributed by atoms with Crippen LogP contribution in [0, 0.1) is 23.7 Å². The number of aliphatic carboxylic acids is 1. The molecule has 2 rings (SSSR count). The Kier molecular flexibility index (Phi) is 21.4. The van der Waals surface area contributed by atoms with E-state index in [-0.39, 0.29) is 69.5 Å². The number of carbonyl (C=O) groups excluding carboxylic acids is 9. The molecule has 0 saturated carbocycles. The molecule has 21 nitrogen and oxygen atoms in total. The van der Waals surface area contributed by atoms with Crippen molar-refractivity contribution < 1.29 is 53.1 Å². The molecule has 0 aliphatic carbocycles. The van der Waals surface area contributed by atoms with Crippen molar-refractivity contribution in [3.05, 3.63) is 0 Å². The fourth-order valence-electron chi connectivity index (χ4n) is 7.68. The number of likely N-dealkylation sites (tertiary alicyclic amines) is 2. The molecule has 2 aliphatic rings. The third-order valence-electron chi connectivity index (χ3n) is 11.1. The van der Waals surface area contributed by atoms with E-state index in [0.717, 1.165) is 0 Å². The summed E-state index contributed by atoms with van der Waals surface area (Å²) in [5, 5.41) is 25.3. The van der Waals surface area contributed by atoms with Gasteiger partial charge in [0, 0.05) is 19.5 Å². The number of amides is 9. The van der Waals surface area contributed by atoms with Crippen LogP contribution < -0.4 is 43.4 Å². The van der Waals surface area contributed by atoms with E-state index in [2.05, 4.69) is 31.9 Å². The summed E-state index contributed by atoms with van der Waals surface area (Å²) in [4.78, 5) is 134. The van der Waals surface area contributed by atoms with Gasteiger partial charge in [-0.25, -0.2) is 4.79 Å². The summed E-state index contributed by atoms with van der Waals surface area (Å²) in [6.45, 7) is 15.6. The van der Waals surface area contributed by atoms with Crippen LogP contribution in [0.2, 0.25) is 0 Å². The summed E-state index contributed by atoms with van der Waals surface area (Å²) in [7, 11) is 0. The van der Waals surface area contributed by atoms with Gasteiger partial charge in [0.15, 0.2) is 0 Å². The van der Waals surface area contributed by atoms with E-state index in [9.17, 15) is 53.1 Å². The minimum atomic E-state index is -1.34. The van der Waals surface area contributed by atoms with Gasteiger partial charge >= 0.3 is 5.97 Å². The first kappa shape index (κ1) is 53.8. The summed E-state index contributed by atoms with van der Waals surface area (Å²) < 4.78 is 0. The van der Waals surface area contributed by atoms with Crippen LogP contribution in [0.15, 0.2) is 0 Å². The van der Waals surface area contributed by atoms with Gasteiger partial charge in [0.05, 0.1) is 6.54 Å². The number of rotatable bonds is 24. The van der Waals surface area contributed by atoms with Crippen molar-refractivity contribution in [2.24, 2.45) is 35.1 Å². The highest BCUT2D eigenvalue weighted by Gasteiger charge is 2.42. The average Bonchev–Trinajstić information content (AvgIpc) is 3.89. The molecule has 8 atom stereocenters. The van der Waals surface area contributed by atoms with E-state index in [1.165, 1.54) is 16.7 Å². The van der Waals surface area contributed by atoms with Crippen molar-refractivity contribution in [3.63, 3.8) is 0 Å². The van der Waals surface area contributed by atoms with Crippen molar-refractivity contribution in [2.75, 3.05) is 19.6 Å². The molecule has 2 aliphatic heterocycles. The van der Waals surface area contributed by atoms with Gasteiger partial charge < -0.3 is 58.3 Å². The monoisotopic (exact) mass is 892 g/mol. The third kappa shape index (κ3) is 16.4. The molecular weight excluding hydrogens is 820 g/mol. The SMILES string of the molecule is CC(C)C[C@H](NC(=O)[C@H](C)NC(=O)[C@@H]1CCCN1C(=O)[C@H](CC(C)C)NC(=O)[C@@H](N[11C](=O)CN)C(C)C)C(=O)N1CCC[C@H]1C(=O)N[C@@H](CCC(N)=O)C(=O)N[C@H](C(=O)O)C(C)C. The van der Waals surface area contributed by atoms with Gasteiger partial charge in [-0.2, -0.15) is 0 Å². The molecule has 0 radical (unpaired) electrons. The second kappa shape index (κ2) is 25.1. The first-order valence-electron chi connectivity index (χ1n) is 22.0. The number of nitrogens with two attached hydrogens (primary N) is 2. The molecule has 0 aromatic carbocycles. The number of hydrogen-bond acceptors (Lipinski definition) is 11. The van der Waals surface area contributed by atoms with E-state index < -0.39 is 113 Å². The Morgan fingerprint density at radius 1 is 0.587 bits per heavy atom. The Labute approximate surface area is 370 Å². The van der Waals surface area contributed by atoms with Crippen molar-refractivity contribution in [1.29, 1.82) is 0 Å². The second-order valence-corrected chi connectivity index (χ2v) is 18.1. The number of carboxylic acids is 1. The Balaban J connectivity index is 2.21. The summed E-state index contributed by atoms with van der Waals surface area (Å²) in [5.41, 5.74) is 10.7. The molecule has 2 fully saturated rings. The number of carboxylic acid groups (broad SMARTS) is 1. The Hall–Kier alpha value is -5.34. The predicted octanol–water partition coefficient (Wildman–Crippen LogP) is -1.39. The first-order chi connectivity index (χ1) is 29.4. The van der Waals surface area contributed by atoms with Gasteiger partial charge in [0.1, 0.15) is 48.3 Å². The number of hydrogen-bond donors (Lipinski definition) is 9. The van der Waals surface area contributed by atoms with Gasteiger partial charge in [-0.1, -0.05) is 55.4 Å². The molecule has 11 N–H and O–H groups in total. The number of carbonyl (C=O) groups is 10. The second-order valence-electron chi connectivity index (χ2n) is 18.1. The molecular formula is C42H72N10O11. The third-order valence-corrected chi connectivity index (χ3v) is 11.1. The maximum atomic E-state index is 14.1. The van der Waals surface area contributed by atoms with Crippen LogP contribution in [0.3, 0.4) is 0 Å². The van der Waals surface area contributed by atoms with Crippen molar-refractivity contribution in [1.82, 2.24) is 41.7 Å². The van der Waals surface area contributed by atoms with E-state index in [1.807, 2.05) is 27.7 Å². The van der Waals surface area contributed by atoms with E-state index >= 15 is 0 Å². The molecule has 9 amide bonds. The van der Waals surface area contributed by atoms with Crippen LogP contribution in [-0.4, -0.2) is 142 Å². The number of primary amides is 1. The molecule has 2 saturated heterocycles. The first-order valence-corrected chi connectivity index (χ1v) is 22.0. The quantitative estimate of drug-likeness (QED) is 0.0541. The predicted molar refractivity (Wildman–Crippen MR) is 230 cm³/mol. The van der Waals surface area contributed by atoms with E-state index in [4.69, 9.17) is 11.5 Å². The summed E-state index contributed by atoms with van der Waals surface area (Å²) in [6.07, 6.45) is 1.36. The van der Waals surface area contributed by atoms with Crippen LogP contribution in [-0.2, 0) is 47.9 Å². The average molecular weight is 892 g/mol. The molecule has 356 valence electrons. The molecule has 0 aromatic heterocycles. The maximum absolute atomic E-state index is 14.1. The minimum Gasteiger partial charge on any atom is -0.480 e. The Morgan fingerprint density at radius 3 is 1.46 bits per heavy atom. The fraction of sp³-hybridized carbons (Fsp3) is 0.762. The largest absolute Gasteiger partial charge is 0.480 e. The van der Waals surface area contributed by atoms with Crippen molar-refractivity contribution >= 4 is 59.1 Å². The normalized spacial score (nSPS) is 19.1. The van der Waals surface area contributed by atoms with Gasteiger partial charge in [0.2, 0.25) is 53.2 Å². The van der Waals surface area contributed by atoms with Crippen molar-refractivity contribution in [2.45, 2.75) is 162 Å². The highest BCUT2D eigenvalue weighted by Crippen LogP contribution is 2.23. The van der Waals surface area contributed by atoms with Crippen LogP contribution in [0.1, 0.15) is 114 Å². The summed E-state index contributed by atoms with van der Waals surface area (Å²) in [6, 6.07) is -8.85. The topological polar surface area (TPSA) is 322 Å². The number of nitrogens with one attached hydrogen (secondary N) is 6. The Morgan fingerprint density at radius 2 is 1.05 bits per heavy atom. The lowest BCUT2D eigenvalue weighted by Gasteiger charge is -2.32. The van der Waals surface area contributed by atoms with Gasteiger partial charge in [-0.05, 0) is 75.5 Å². The smallest absolute Gasteiger partial charge is 0.326 e. The molecule has 0 aromatic rings. The zero-order valence-electron chi connectivity index (χ0n) is 38.3. The maximum Gasteiger partial charge on any atom is 0.326 e. The summed E-state index contributed by atoms with van der Waals surface area (Å²) >= 11 is 0. The zero-order chi connectivity index (χ0) is 47.9. The summed E-state index contributed by atoms with van der Waals surface area (Å²) in [5.74, 6) is -7.94. The van der Waals surface area contributed by atoms with Gasteiger partial charge in [-0.3, -0.25) is 43.2 Å². The van der Waals surface area contributed by atoms with Crippen LogP contribution in [0.25, 0.3) is 0 Å². The lowest BCUT2D eigenvalue weighted by Crippen LogP contribution is -2.60. The lowest BCUT2D eigenvalue weighted by molar-refractivity contribution is -0.144. The van der Waals surface area contributed by atoms with Crippen molar-refractivity contribution in [3.8, 4) is 0 Å². The minimum absolute atomic E-state index is 0.0273. The Bertz CT molecular complexity index is 1670. The zero-order valence-corrected chi connectivity index (χ0v) is 38.3. The highest BCUT2D eigenvalue weighted by atomic mass is 16.4. The van der Waals surface area contributed by atoms with E-state index in [1.54, 1.807) is 27.7 Å². The van der Waals surface area contributed by atoms with Gasteiger partial charge in [-0.15, -0.1) is 0 Å². The van der Waals surface area contributed by atoms with E-state index in [0.29, 0.717) is 19.3 Å². The molecule has 21 heteroatoms. The number of nitrogens with zero attached hydrogens (tertiary/aromatic N) is 2. The molecule has 63 heavy (non-hydrogen) atoms. The van der Waals surface area contributed by atoms with Crippen LogP contribution in [0.5, 0.6) is 0 Å². The molecule has 0 bridgehead atoms. The fourth-order valence-corrected chi connectivity index (χ4v) is 7.68. The molecule has 2 heterocycles. The highest BCUT2D eigenvalue weighted by molar-refractivity contribution is 5.98. The van der Waals surface area contributed by atoms with Gasteiger partial charge in [0.25, 0.3) is 0 Å². The lowest BCUT2D eigenvalue weighted by atomic mass is 9.94. The molecule has 0 spiro atoms. The standard InChI is InChI=1S/C42H72N10O11/c1-21(2)18-27(40(60)52-17-11-13-30(52)38(58)46-26(14-15-31(44)53)36(56)50-34(24(7)8)42(62)63)47-35(55)25(9)45-37(57)29-12-10-16-51(29)41(61)28(19-22(3)4)48-39(59)33(23(5)6)49-32(54)20-43/h21-30,33-34H,10-20,43H2,1-9H3,(H2,44,53)(H,45,57)(H,46,58)(H,47,55)(H,48,59)(H,49,54)(H,50,56)(H,62,63)/t25-,26-,27-,28-,29-,30-,33-,34-/m0/s1/i32-1. The molecule has 0 unspecified atom stereocenters. The van der Waals surface area contributed by atoms with Crippen LogP contribution >= 0.6 is 0 Å². The van der Waals surface area contributed by atoms with Crippen LogP contribution in [0.4, 0.5) is 0 Å².